The van der Waals surface area contributed by atoms with E-state index < -0.39 is 0 Å². The van der Waals surface area contributed by atoms with E-state index in [1.54, 1.807) is 18.2 Å². The Morgan fingerprint density at radius 1 is 1.58 bits per heavy atom. The van der Waals surface area contributed by atoms with Crippen LogP contribution in [0.1, 0.15) is 30.1 Å². The average Bonchev–Trinajstić information content (AvgIpc) is 2.42. The summed E-state index contributed by atoms with van der Waals surface area (Å²) in [5.41, 5.74) is 6.88. The van der Waals surface area contributed by atoms with Crippen LogP contribution in [0.25, 0.3) is 0 Å². The topological polar surface area (TPSA) is 73.6 Å². The van der Waals surface area contributed by atoms with Crippen molar-refractivity contribution < 1.29 is 14.3 Å². The summed E-state index contributed by atoms with van der Waals surface area (Å²) >= 11 is 0. The van der Waals surface area contributed by atoms with E-state index in [1.807, 2.05) is 6.92 Å². The third-order valence-electron chi connectivity index (χ3n) is 3.07. The third-order valence-corrected chi connectivity index (χ3v) is 3.07. The molecular weight excluding hydrogens is 244 g/mol. The number of carbonyl (C=O) groups is 1. The fraction of sp³-hybridized carbons (Fsp3) is 0.500. The lowest BCUT2D eigenvalue weighted by Gasteiger charge is -2.23. The SMILES string of the molecule is CCOc1ccc(C(=O)NC2CCCOC2)cc1N. The van der Waals surface area contributed by atoms with Gasteiger partial charge in [-0.3, -0.25) is 4.79 Å². The molecule has 1 aliphatic rings. The van der Waals surface area contributed by atoms with Crippen molar-refractivity contribution >= 4 is 11.6 Å². The largest absolute Gasteiger partial charge is 0.492 e. The van der Waals surface area contributed by atoms with Gasteiger partial charge in [-0.2, -0.15) is 0 Å². The Morgan fingerprint density at radius 3 is 3.05 bits per heavy atom. The van der Waals surface area contributed by atoms with Gasteiger partial charge in [-0.15, -0.1) is 0 Å². The minimum absolute atomic E-state index is 0.0917. The van der Waals surface area contributed by atoms with Gasteiger partial charge in [0.1, 0.15) is 5.75 Å². The van der Waals surface area contributed by atoms with Crippen molar-refractivity contribution in [2.24, 2.45) is 0 Å². The predicted octanol–water partition coefficient (Wildman–Crippen LogP) is 1.58. The molecule has 0 saturated carbocycles. The van der Waals surface area contributed by atoms with Crippen molar-refractivity contribution in [3.05, 3.63) is 23.8 Å². The summed E-state index contributed by atoms with van der Waals surface area (Å²) in [6, 6.07) is 5.18. The lowest BCUT2D eigenvalue weighted by molar-refractivity contribution is 0.0624. The molecule has 5 heteroatoms. The summed E-state index contributed by atoms with van der Waals surface area (Å²) in [6.07, 6.45) is 1.94. The first-order valence-electron chi connectivity index (χ1n) is 6.61. The second-order valence-corrected chi connectivity index (χ2v) is 4.57. The number of ether oxygens (including phenoxy) is 2. The number of benzene rings is 1. The van der Waals surface area contributed by atoms with Gasteiger partial charge < -0.3 is 20.5 Å². The number of anilines is 1. The van der Waals surface area contributed by atoms with E-state index in [9.17, 15) is 4.79 Å². The maximum atomic E-state index is 12.1. The highest BCUT2D eigenvalue weighted by Gasteiger charge is 2.17. The molecule has 2 rings (SSSR count). The van der Waals surface area contributed by atoms with Gasteiger partial charge in [-0.05, 0) is 38.0 Å². The highest BCUT2D eigenvalue weighted by atomic mass is 16.5. The third kappa shape index (κ3) is 3.61. The molecule has 5 nitrogen and oxygen atoms in total. The summed E-state index contributed by atoms with van der Waals surface area (Å²) in [5.74, 6) is 0.491. The molecule has 3 N–H and O–H groups in total. The number of hydrogen-bond acceptors (Lipinski definition) is 4. The van der Waals surface area contributed by atoms with E-state index in [1.165, 1.54) is 0 Å². The summed E-state index contributed by atoms with van der Waals surface area (Å²) in [4.78, 5) is 12.1. The molecule has 1 aromatic carbocycles. The zero-order valence-electron chi connectivity index (χ0n) is 11.1. The second kappa shape index (κ2) is 6.43. The highest BCUT2D eigenvalue weighted by molar-refractivity contribution is 5.95. The van der Waals surface area contributed by atoms with Gasteiger partial charge in [0.05, 0.1) is 24.9 Å². The molecule has 0 radical (unpaired) electrons. The van der Waals surface area contributed by atoms with Crippen molar-refractivity contribution in [1.82, 2.24) is 5.32 Å². The number of hydrogen-bond donors (Lipinski definition) is 2. The van der Waals surface area contributed by atoms with Crippen LogP contribution >= 0.6 is 0 Å². The molecule has 19 heavy (non-hydrogen) atoms. The molecule has 0 bridgehead atoms. The molecule has 1 unspecified atom stereocenters. The van der Waals surface area contributed by atoms with E-state index in [0.29, 0.717) is 30.2 Å². The van der Waals surface area contributed by atoms with Crippen LogP contribution in [-0.2, 0) is 4.74 Å². The molecule has 1 aromatic rings. The Bertz CT molecular complexity index is 442. The number of nitrogens with two attached hydrogens (primary N) is 1. The normalized spacial score (nSPS) is 18.9. The molecule has 1 aliphatic heterocycles. The smallest absolute Gasteiger partial charge is 0.251 e. The number of nitrogens with one attached hydrogen (secondary N) is 1. The van der Waals surface area contributed by atoms with Crippen LogP contribution in [0.4, 0.5) is 5.69 Å². The maximum Gasteiger partial charge on any atom is 0.251 e. The maximum absolute atomic E-state index is 12.1. The van der Waals surface area contributed by atoms with Crippen LogP contribution in [0, 0.1) is 0 Å². The Kier molecular flexibility index (Phi) is 4.63. The molecule has 1 fully saturated rings. The molecule has 1 amide bonds. The summed E-state index contributed by atoms with van der Waals surface area (Å²) in [5, 5.41) is 2.95. The van der Waals surface area contributed by atoms with Crippen molar-refractivity contribution in [2.75, 3.05) is 25.6 Å². The fourth-order valence-electron chi connectivity index (χ4n) is 2.10. The van der Waals surface area contributed by atoms with Crippen molar-refractivity contribution in [1.29, 1.82) is 0 Å². The van der Waals surface area contributed by atoms with Gasteiger partial charge in [0, 0.05) is 12.2 Å². The van der Waals surface area contributed by atoms with Crippen LogP contribution < -0.4 is 15.8 Å². The quantitative estimate of drug-likeness (QED) is 0.810. The number of rotatable bonds is 4. The van der Waals surface area contributed by atoms with E-state index in [2.05, 4.69) is 5.32 Å². The fourth-order valence-corrected chi connectivity index (χ4v) is 2.10. The summed E-state index contributed by atoms with van der Waals surface area (Å²) in [7, 11) is 0. The van der Waals surface area contributed by atoms with Gasteiger partial charge >= 0.3 is 0 Å². The standard InChI is InChI=1S/C14H20N2O3/c1-2-19-13-6-5-10(8-12(13)15)14(17)16-11-4-3-7-18-9-11/h5-6,8,11H,2-4,7,9,15H2,1H3,(H,16,17). The first kappa shape index (κ1) is 13.7. The van der Waals surface area contributed by atoms with Crippen molar-refractivity contribution in [3.63, 3.8) is 0 Å². The van der Waals surface area contributed by atoms with Gasteiger partial charge in [0.25, 0.3) is 5.91 Å². The number of amides is 1. The monoisotopic (exact) mass is 264 g/mol. The van der Waals surface area contributed by atoms with Gasteiger partial charge in [0.2, 0.25) is 0 Å². The average molecular weight is 264 g/mol. The second-order valence-electron chi connectivity index (χ2n) is 4.57. The number of nitrogen functional groups attached to an aromatic ring is 1. The molecule has 0 aliphatic carbocycles. The van der Waals surface area contributed by atoms with Crippen LogP contribution in [0.3, 0.4) is 0 Å². The Balaban J connectivity index is 2.00. The Hall–Kier alpha value is -1.75. The summed E-state index contributed by atoms with van der Waals surface area (Å²) in [6.45, 7) is 3.80. The van der Waals surface area contributed by atoms with Crippen LogP contribution in [0.2, 0.25) is 0 Å². The minimum atomic E-state index is -0.120. The van der Waals surface area contributed by atoms with Crippen LogP contribution in [0.15, 0.2) is 18.2 Å². The first-order valence-corrected chi connectivity index (χ1v) is 6.61. The lowest BCUT2D eigenvalue weighted by Crippen LogP contribution is -2.40. The van der Waals surface area contributed by atoms with Crippen molar-refractivity contribution in [3.8, 4) is 5.75 Å². The molecule has 0 aromatic heterocycles. The first-order chi connectivity index (χ1) is 9.20. The van der Waals surface area contributed by atoms with E-state index >= 15 is 0 Å². The molecule has 1 atom stereocenters. The Morgan fingerprint density at radius 2 is 2.42 bits per heavy atom. The highest BCUT2D eigenvalue weighted by Crippen LogP contribution is 2.22. The lowest BCUT2D eigenvalue weighted by atomic mass is 10.1. The zero-order chi connectivity index (χ0) is 13.7. The zero-order valence-corrected chi connectivity index (χ0v) is 11.1. The molecule has 0 spiro atoms. The summed E-state index contributed by atoms with van der Waals surface area (Å²) < 4.78 is 10.7. The number of carbonyl (C=O) groups excluding carboxylic acids is 1. The van der Waals surface area contributed by atoms with Crippen LogP contribution in [-0.4, -0.2) is 31.8 Å². The molecule has 1 saturated heterocycles. The van der Waals surface area contributed by atoms with E-state index in [-0.39, 0.29) is 11.9 Å². The van der Waals surface area contributed by atoms with Gasteiger partial charge in [-0.25, -0.2) is 0 Å². The Labute approximate surface area is 113 Å². The molecular formula is C14H20N2O3. The van der Waals surface area contributed by atoms with Gasteiger partial charge in [-0.1, -0.05) is 0 Å². The van der Waals surface area contributed by atoms with Crippen LogP contribution in [0.5, 0.6) is 5.75 Å². The minimum Gasteiger partial charge on any atom is -0.492 e. The van der Waals surface area contributed by atoms with Crippen molar-refractivity contribution in [2.45, 2.75) is 25.8 Å². The van der Waals surface area contributed by atoms with Gasteiger partial charge in [0.15, 0.2) is 0 Å². The van der Waals surface area contributed by atoms with E-state index in [0.717, 1.165) is 19.4 Å². The molecule has 104 valence electrons. The van der Waals surface area contributed by atoms with E-state index in [4.69, 9.17) is 15.2 Å². The molecule has 1 heterocycles. The predicted molar refractivity (Wildman–Crippen MR) is 73.3 cm³/mol.